The van der Waals surface area contributed by atoms with E-state index in [0.29, 0.717) is 23.7 Å². The number of methoxy groups -OCH3 is 1. The van der Waals surface area contributed by atoms with Crippen LogP contribution in [-0.2, 0) is 14.3 Å². The van der Waals surface area contributed by atoms with E-state index in [4.69, 9.17) is 4.74 Å². The number of ether oxygens (including phenoxy) is 1. The van der Waals surface area contributed by atoms with E-state index in [1.54, 1.807) is 13.8 Å². The highest BCUT2D eigenvalue weighted by Crippen LogP contribution is 2.81. The summed E-state index contributed by atoms with van der Waals surface area (Å²) in [6.07, 6.45) is 8.45. The third-order valence-corrected chi connectivity index (χ3v) is 10.6. The average molecular weight is 405 g/mol. The zero-order valence-electron chi connectivity index (χ0n) is 19.2. The first-order chi connectivity index (χ1) is 13.5. The van der Waals surface area contributed by atoms with Crippen molar-refractivity contribution in [1.29, 1.82) is 0 Å². The molecule has 0 radical (unpaired) electrons. The van der Waals surface area contributed by atoms with Crippen LogP contribution in [0.15, 0.2) is 0 Å². The van der Waals surface area contributed by atoms with Gasteiger partial charge in [0.2, 0.25) is 0 Å². The molecule has 164 valence electrons. The zero-order chi connectivity index (χ0) is 21.4. The summed E-state index contributed by atoms with van der Waals surface area (Å²) in [5.41, 5.74) is -0.989. The molecule has 0 heterocycles. The number of Topliss-reactive ketones (excluding diaryl/α,β-unsaturated/α-hetero) is 1. The summed E-state index contributed by atoms with van der Waals surface area (Å²) in [6.45, 7) is 9.85. The number of aldehydes is 1. The lowest BCUT2D eigenvalue weighted by molar-refractivity contribution is -0.174. The summed E-state index contributed by atoms with van der Waals surface area (Å²) in [5, 5.41) is 10.5. The first-order valence-corrected chi connectivity index (χ1v) is 11.7. The Bertz CT molecular complexity index is 695. The first kappa shape index (κ1) is 21.5. The summed E-state index contributed by atoms with van der Waals surface area (Å²) in [7, 11) is 1.85. The molecule has 0 unspecified atom stereocenters. The van der Waals surface area contributed by atoms with Crippen molar-refractivity contribution in [2.24, 2.45) is 45.8 Å². The second kappa shape index (κ2) is 6.63. The Hall–Kier alpha value is -0.740. The summed E-state index contributed by atoms with van der Waals surface area (Å²) in [6, 6.07) is 0. The van der Waals surface area contributed by atoms with Crippen molar-refractivity contribution >= 4 is 12.1 Å². The standard InChI is InChI=1S/C25H40O4/c1-15(22(2,3)28)21(27)23(4)10-8-19-17(18(23)9-12-26)13-20(29-6)25-14-16(25)7-11-24(19,25)5/h12,15-20,28H,7-11,13-14H2,1-6H3/t15-,16+,17-,18-,19-,20+,23-,24+,25-/m0/s1. The van der Waals surface area contributed by atoms with Gasteiger partial charge in [-0.25, -0.2) is 0 Å². The molecule has 9 atom stereocenters. The largest absolute Gasteiger partial charge is 0.390 e. The van der Waals surface area contributed by atoms with E-state index in [1.165, 1.54) is 19.3 Å². The van der Waals surface area contributed by atoms with Crippen molar-refractivity contribution < 1.29 is 19.4 Å². The summed E-state index contributed by atoms with van der Waals surface area (Å²) in [4.78, 5) is 25.4. The number of ketones is 1. The maximum atomic E-state index is 13.6. The first-order valence-electron chi connectivity index (χ1n) is 11.7. The summed E-state index contributed by atoms with van der Waals surface area (Å²) in [5.74, 6) is 1.46. The molecule has 29 heavy (non-hydrogen) atoms. The minimum absolute atomic E-state index is 0.0423. The second-order valence-electron chi connectivity index (χ2n) is 11.8. The highest BCUT2D eigenvalue weighted by molar-refractivity contribution is 5.88. The van der Waals surface area contributed by atoms with E-state index >= 15 is 0 Å². The molecule has 1 N–H and O–H groups in total. The molecule has 4 heteroatoms. The van der Waals surface area contributed by atoms with Crippen LogP contribution in [0.1, 0.15) is 79.6 Å². The summed E-state index contributed by atoms with van der Waals surface area (Å²) >= 11 is 0. The Morgan fingerprint density at radius 2 is 1.97 bits per heavy atom. The number of carbonyl (C=O) groups excluding carboxylic acids is 2. The van der Waals surface area contributed by atoms with Crippen LogP contribution in [-0.4, -0.2) is 36.0 Å². The minimum atomic E-state index is -1.05. The van der Waals surface area contributed by atoms with Gasteiger partial charge in [-0.1, -0.05) is 20.8 Å². The van der Waals surface area contributed by atoms with Crippen molar-refractivity contribution in [2.75, 3.05) is 7.11 Å². The lowest BCUT2D eigenvalue weighted by Crippen LogP contribution is -2.59. The SMILES string of the molecule is CO[C@@H]1C[C@H]2[C@H](CC=O)[C@@](C)(C(=O)[C@H](C)C(C)(C)O)CC[C@@H]2[C@@]2(C)CC[C@@H]3C[C@]312. The van der Waals surface area contributed by atoms with Gasteiger partial charge < -0.3 is 14.6 Å². The molecule has 4 rings (SSSR count). The minimum Gasteiger partial charge on any atom is -0.390 e. The molecule has 0 aromatic heterocycles. The highest BCUT2D eigenvalue weighted by atomic mass is 16.5. The summed E-state index contributed by atoms with van der Waals surface area (Å²) < 4.78 is 6.11. The van der Waals surface area contributed by atoms with Crippen LogP contribution in [0, 0.1) is 45.8 Å². The molecule has 0 aliphatic heterocycles. The molecule has 0 saturated heterocycles. The number of fused-ring (bicyclic) bond motifs is 2. The number of hydrogen-bond acceptors (Lipinski definition) is 4. The van der Waals surface area contributed by atoms with Crippen LogP contribution in [0.2, 0.25) is 0 Å². The number of rotatable bonds is 6. The molecule has 4 aliphatic rings. The van der Waals surface area contributed by atoms with Crippen LogP contribution in [0.5, 0.6) is 0 Å². The van der Waals surface area contributed by atoms with Crippen LogP contribution >= 0.6 is 0 Å². The van der Waals surface area contributed by atoms with Crippen molar-refractivity contribution in [2.45, 2.75) is 91.3 Å². The van der Waals surface area contributed by atoms with Crippen LogP contribution in [0.25, 0.3) is 0 Å². The van der Waals surface area contributed by atoms with Crippen molar-refractivity contribution in [1.82, 2.24) is 0 Å². The molecular formula is C25H40O4. The van der Waals surface area contributed by atoms with Crippen LogP contribution in [0.4, 0.5) is 0 Å². The molecule has 4 nitrogen and oxygen atoms in total. The fourth-order valence-electron chi connectivity index (χ4n) is 8.56. The Labute approximate surface area is 176 Å². The fraction of sp³-hybridized carbons (Fsp3) is 0.920. The average Bonchev–Trinajstić information content (AvgIpc) is 3.32. The molecule has 0 aromatic carbocycles. The maximum absolute atomic E-state index is 13.6. The van der Waals surface area contributed by atoms with Crippen LogP contribution in [0.3, 0.4) is 0 Å². The van der Waals surface area contributed by atoms with Crippen molar-refractivity contribution in [3.8, 4) is 0 Å². The maximum Gasteiger partial charge on any atom is 0.144 e. The van der Waals surface area contributed by atoms with Gasteiger partial charge in [-0.15, -0.1) is 0 Å². The molecule has 4 saturated carbocycles. The van der Waals surface area contributed by atoms with Gasteiger partial charge in [0, 0.05) is 30.3 Å². The molecular weight excluding hydrogens is 364 g/mol. The van der Waals surface area contributed by atoms with Gasteiger partial charge in [-0.2, -0.15) is 0 Å². The van der Waals surface area contributed by atoms with Crippen molar-refractivity contribution in [3.05, 3.63) is 0 Å². The normalized spacial score (nSPS) is 49.6. The van der Waals surface area contributed by atoms with Gasteiger partial charge in [-0.05, 0) is 81.5 Å². The lowest BCUT2D eigenvalue weighted by Gasteiger charge is -2.61. The third kappa shape index (κ3) is 2.70. The molecule has 1 spiro atoms. The Balaban J connectivity index is 1.71. The molecule has 4 fully saturated rings. The number of aliphatic hydroxyl groups is 1. The van der Waals surface area contributed by atoms with E-state index in [0.717, 1.165) is 31.5 Å². The Morgan fingerprint density at radius 1 is 1.28 bits per heavy atom. The zero-order valence-corrected chi connectivity index (χ0v) is 19.2. The van der Waals surface area contributed by atoms with E-state index in [2.05, 4.69) is 13.8 Å². The molecule has 0 amide bonds. The lowest BCUT2D eigenvalue weighted by atomic mass is 9.44. The predicted molar refractivity (Wildman–Crippen MR) is 112 cm³/mol. The van der Waals surface area contributed by atoms with Gasteiger partial charge >= 0.3 is 0 Å². The third-order valence-electron chi connectivity index (χ3n) is 10.6. The fourth-order valence-corrected chi connectivity index (χ4v) is 8.56. The van der Waals surface area contributed by atoms with Gasteiger partial charge in [-0.3, -0.25) is 4.79 Å². The van der Waals surface area contributed by atoms with E-state index in [-0.39, 0.29) is 23.2 Å². The van der Waals surface area contributed by atoms with Gasteiger partial charge in [0.15, 0.2) is 0 Å². The monoisotopic (exact) mass is 404 g/mol. The smallest absolute Gasteiger partial charge is 0.144 e. The molecule has 4 aliphatic carbocycles. The Kier molecular flexibility index (Phi) is 4.91. The van der Waals surface area contributed by atoms with E-state index < -0.39 is 16.9 Å². The van der Waals surface area contributed by atoms with E-state index in [9.17, 15) is 14.7 Å². The highest BCUT2D eigenvalue weighted by Gasteiger charge is 2.77. The van der Waals surface area contributed by atoms with Gasteiger partial charge in [0.1, 0.15) is 12.1 Å². The van der Waals surface area contributed by atoms with E-state index in [1.807, 2.05) is 14.0 Å². The van der Waals surface area contributed by atoms with Gasteiger partial charge in [0.05, 0.1) is 11.7 Å². The number of hydrogen-bond donors (Lipinski definition) is 1. The number of carbonyl (C=O) groups is 2. The van der Waals surface area contributed by atoms with Crippen LogP contribution < -0.4 is 0 Å². The second-order valence-corrected chi connectivity index (χ2v) is 11.8. The Morgan fingerprint density at radius 3 is 2.52 bits per heavy atom. The molecule has 0 aromatic rings. The quantitative estimate of drug-likeness (QED) is 0.666. The van der Waals surface area contributed by atoms with Crippen molar-refractivity contribution in [3.63, 3.8) is 0 Å². The van der Waals surface area contributed by atoms with Gasteiger partial charge in [0.25, 0.3) is 0 Å². The predicted octanol–water partition coefficient (Wildman–Crippen LogP) is 4.43. The molecule has 0 bridgehead atoms. The topological polar surface area (TPSA) is 63.6 Å².